The zero-order valence-corrected chi connectivity index (χ0v) is 14.9. The Kier molecular flexibility index (Phi) is 5.01. The van der Waals surface area contributed by atoms with Crippen LogP contribution < -0.4 is 5.32 Å². The first-order valence-electron chi connectivity index (χ1n) is 9.04. The van der Waals surface area contributed by atoms with Crippen LogP contribution in [0.3, 0.4) is 0 Å². The molecule has 3 aliphatic heterocycles. The van der Waals surface area contributed by atoms with Gasteiger partial charge in [-0.15, -0.1) is 0 Å². The second-order valence-electron chi connectivity index (χ2n) is 6.81. The maximum atomic E-state index is 13.6. The number of carbonyl (C=O) groups excluding carboxylic acids is 1. The molecule has 3 atom stereocenters. The third-order valence-electron chi connectivity index (χ3n) is 4.98. The fourth-order valence-corrected chi connectivity index (χ4v) is 3.71. The Morgan fingerprint density at radius 3 is 3.00 bits per heavy atom. The van der Waals surface area contributed by atoms with E-state index in [0.29, 0.717) is 5.84 Å². The molecule has 10 heteroatoms. The van der Waals surface area contributed by atoms with E-state index in [4.69, 9.17) is 0 Å². The largest absolute Gasteiger partial charge is 0.350 e. The third kappa shape index (κ3) is 3.58. The SMILES string of the molecule is O=C(NCC(F)F)C1C=NN2C=CC(N3CCC[C@@H]3c3cncc(F)c3)=NC12. The highest BCUT2D eigenvalue weighted by atomic mass is 19.3. The van der Waals surface area contributed by atoms with Gasteiger partial charge in [-0.25, -0.2) is 23.2 Å². The molecule has 1 N–H and O–H groups in total. The fourth-order valence-electron chi connectivity index (χ4n) is 3.71. The molecule has 7 nitrogen and oxygen atoms in total. The number of hydrogen-bond acceptors (Lipinski definition) is 6. The van der Waals surface area contributed by atoms with E-state index in [1.807, 2.05) is 0 Å². The first-order chi connectivity index (χ1) is 13.5. The smallest absolute Gasteiger partial charge is 0.255 e. The molecule has 0 aromatic carbocycles. The van der Waals surface area contributed by atoms with Crippen LogP contribution in [-0.4, -0.2) is 58.5 Å². The first-order valence-corrected chi connectivity index (χ1v) is 9.04. The van der Waals surface area contributed by atoms with Crippen molar-refractivity contribution in [3.63, 3.8) is 0 Å². The molecule has 0 radical (unpaired) electrons. The standard InChI is InChI=1S/C18H19F3N6O/c19-12-6-11(7-22-8-12)14-2-1-4-26(14)16-3-5-27-17(25-16)13(9-24-27)18(28)23-10-15(20)21/h3,5-9,13-15,17H,1-2,4,10H2,(H,23,28)/t13?,14-,17?/m1/s1. The Morgan fingerprint density at radius 2 is 2.21 bits per heavy atom. The van der Waals surface area contributed by atoms with Crippen LogP contribution in [0.15, 0.2) is 40.8 Å². The van der Waals surface area contributed by atoms with Crippen LogP contribution in [0.4, 0.5) is 13.2 Å². The van der Waals surface area contributed by atoms with E-state index in [1.54, 1.807) is 18.5 Å². The molecule has 0 bridgehead atoms. The van der Waals surface area contributed by atoms with Crippen LogP contribution in [0.25, 0.3) is 0 Å². The number of fused-ring (bicyclic) bond motifs is 1. The molecular formula is C18H19F3N6O. The number of pyridine rings is 1. The lowest BCUT2D eigenvalue weighted by atomic mass is 10.1. The number of amides is 1. The molecule has 1 fully saturated rings. The normalized spacial score (nSPS) is 26.0. The van der Waals surface area contributed by atoms with Crippen molar-refractivity contribution in [1.29, 1.82) is 0 Å². The lowest BCUT2D eigenvalue weighted by Crippen LogP contribution is -2.43. The molecule has 0 aliphatic carbocycles. The van der Waals surface area contributed by atoms with E-state index >= 15 is 0 Å². The molecule has 4 heterocycles. The summed E-state index contributed by atoms with van der Waals surface area (Å²) in [5.41, 5.74) is 0.768. The molecule has 148 valence electrons. The van der Waals surface area contributed by atoms with E-state index < -0.39 is 36.8 Å². The van der Waals surface area contributed by atoms with E-state index in [0.717, 1.165) is 31.1 Å². The predicted molar refractivity (Wildman–Crippen MR) is 96.1 cm³/mol. The molecule has 0 spiro atoms. The summed E-state index contributed by atoms with van der Waals surface area (Å²) in [6.45, 7) is 0.0310. The van der Waals surface area contributed by atoms with Crippen LogP contribution in [0.2, 0.25) is 0 Å². The maximum absolute atomic E-state index is 13.6. The van der Waals surface area contributed by atoms with E-state index in [1.165, 1.54) is 17.3 Å². The second-order valence-corrected chi connectivity index (χ2v) is 6.81. The van der Waals surface area contributed by atoms with Gasteiger partial charge < -0.3 is 10.2 Å². The number of nitrogens with zero attached hydrogens (tertiary/aromatic N) is 5. The zero-order chi connectivity index (χ0) is 19.7. The van der Waals surface area contributed by atoms with E-state index in [-0.39, 0.29) is 6.04 Å². The number of alkyl halides is 2. The van der Waals surface area contributed by atoms with Gasteiger partial charge in [0, 0.05) is 25.2 Å². The van der Waals surface area contributed by atoms with Crippen molar-refractivity contribution < 1.29 is 18.0 Å². The van der Waals surface area contributed by atoms with Gasteiger partial charge in [0.05, 0.1) is 18.8 Å². The van der Waals surface area contributed by atoms with Crippen LogP contribution in [0.5, 0.6) is 0 Å². The van der Waals surface area contributed by atoms with Gasteiger partial charge in [-0.1, -0.05) is 0 Å². The van der Waals surface area contributed by atoms with Crippen molar-refractivity contribution in [3.8, 4) is 0 Å². The summed E-state index contributed by atoms with van der Waals surface area (Å²) in [6.07, 6.45) is 6.24. The minimum atomic E-state index is -2.62. The third-order valence-corrected chi connectivity index (χ3v) is 4.98. The molecule has 3 aliphatic rings. The number of aromatic nitrogens is 1. The van der Waals surface area contributed by atoms with Crippen molar-refractivity contribution in [2.45, 2.75) is 31.5 Å². The van der Waals surface area contributed by atoms with Crippen molar-refractivity contribution >= 4 is 18.0 Å². The second kappa shape index (κ2) is 7.61. The number of hydrazone groups is 1. The molecule has 4 rings (SSSR count). The van der Waals surface area contributed by atoms with Gasteiger partial charge in [-0.05, 0) is 30.5 Å². The van der Waals surface area contributed by atoms with Gasteiger partial charge in [0.1, 0.15) is 17.6 Å². The topological polar surface area (TPSA) is 73.2 Å². The van der Waals surface area contributed by atoms with Crippen molar-refractivity contribution in [1.82, 2.24) is 20.2 Å². The fraction of sp³-hybridized carbons (Fsp3) is 0.444. The number of aliphatic imine (C=N–C) groups is 1. The number of hydrogen-bond donors (Lipinski definition) is 1. The number of nitrogens with one attached hydrogen (secondary N) is 1. The maximum Gasteiger partial charge on any atom is 0.255 e. The number of carbonyl (C=O) groups is 1. The van der Waals surface area contributed by atoms with Gasteiger partial charge in [-0.3, -0.25) is 9.78 Å². The minimum absolute atomic E-state index is 0.0634. The Bertz CT molecular complexity index is 842. The van der Waals surface area contributed by atoms with Crippen LogP contribution >= 0.6 is 0 Å². The Balaban J connectivity index is 1.53. The van der Waals surface area contributed by atoms with Crippen LogP contribution in [0, 0.1) is 11.7 Å². The molecule has 1 amide bonds. The first kappa shape index (κ1) is 18.5. The molecule has 2 unspecified atom stereocenters. The highest BCUT2D eigenvalue weighted by molar-refractivity contribution is 5.98. The molecule has 0 saturated carbocycles. The van der Waals surface area contributed by atoms with Crippen molar-refractivity contribution in [2.24, 2.45) is 16.0 Å². The van der Waals surface area contributed by atoms with Crippen LogP contribution in [-0.2, 0) is 4.79 Å². The molecular weight excluding hydrogens is 373 g/mol. The van der Waals surface area contributed by atoms with Crippen molar-refractivity contribution in [2.75, 3.05) is 13.1 Å². The quantitative estimate of drug-likeness (QED) is 0.850. The van der Waals surface area contributed by atoms with E-state index in [9.17, 15) is 18.0 Å². The van der Waals surface area contributed by atoms with Crippen molar-refractivity contribution in [3.05, 3.63) is 42.1 Å². The van der Waals surface area contributed by atoms with Gasteiger partial charge in [-0.2, -0.15) is 5.10 Å². The van der Waals surface area contributed by atoms with Gasteiger partial charge in [0.2, 0.25) is 5.91 Å². The number of likely N-dealkylation sites (tertiary alicyclic amines) is 1. The highest BCUT2D eigenvalue weighted by Crippen LogP contribution is 2.34. The summed E-state index contributed by atoms with van der Waals surface area (Å²) in [7, 11) is 0. The van der Waals surface area contributed by atoms with Gasteiger partial charge in [0.25, 0.3) is 6.43 Å². The molecule has 1 aromatic heterocycles. The highest BCUT2D eigenvalue weighted by Gasteiger charge is 2.38. The van der Waals surface area contributed by atoms with Gasteiger partial charge in [0.15, 0.2) is 6.17 Å². The summed E-state index contributed by atoms with van der Waals surface area (Å²) >= 11 is 0. The Morgan fingerprint density at radius 1 is 1.36 bits per heavy atom. The number of halogens is 3. The Labute approximate surface area is 159 Å². The lowest BCUT2D eigenvalue weighted by molar-refractivity contribution is -0.124. The number of rotatable bonds is 4. The molecule has 1 saturated heterocycles. The lowest BCUT2D eigenvalue weighted by Gasteiger charge is -2.32. The summed E-state index contributed by atoms with van der Waals surface area (Å²) in [5, 5.41) is 7.88. The average Bonchev–Trinajstić information content (AvgIpc) is 3.32. The van der Waals surface area contributed by atoms with Crippen LogP contribution in [0.1, 0.15) is 24.4 Å². The number of amidine groups is 1. The minimum Gasteiger partial charge on any atom is -0.350 e. The zero-order valence-electron chi connectivity index (χ0n) is 14.9. The predicted octanol–water partition coefficient (Wildman–Crippen LogP) is 1.91. The summed E-state index contributed by atoms with van der Waals surface area (Å²) < 4.78 is 38.3. The average molecular weight is 392 g/mol. The summed E-state index contributed by atoms with van der Waals surface area (Å²) in [4.78, 5) is 22.9. The molecule has 1 aromatic rings. The summed E-state index contributed by atoms with van der Waals surface area (Å²) in [5.74, 6) is -1.03. The van der Waals surface area contributed by atoms with E-state index in [2.05, 4.69) is 25.3 Å². The summed E-state index contributed by atoms with van der Waals surface area (Å²) in [6, 6.07) is 1.40. The monoisotopic (exact) mass is 392 g/mol. The van der Waals surface area contributed by atoms with Gasteiger partial charge >= 0.3 is 0 Å². The molecule has 28 heavy (non-hydrogen) atoms. The Hall–Kier alpha value is -2.91.